The molecule has 2 aliphatic heterocycles. The third-order valence-corrected chi connectivity index (χ3v) is 4.69. The Hall–Kier alpha value is -1.02. The summed E-state index contributed by atoms with van der Waals surface area (Å²) in [6.07, 6.45) is 6.77. The maximum atomic E-state index is 3.48. The van der Waals surface area contributed by atoms with Gasteiger partial charge in [-0.15, -0.1) is 0 Å². The van der Waals surface area contributed by atoms with Crippen LogP contribution >= 0.6 is 0 Å². The summed E-state index contributed by atoms with van der Waals surface area (Å²) in [7, 11) is 0. The van der Waals surface area contributed by atoms with Crippen molar-refractivity contribution in [2.45, 2.75) is 45.6 Å². The fourth-order valence-electron chi connectivity index (χ4n) is 3.54. The maximum Gasteiger partial charge on any atom is 0.0376 e. The number of likely N-dealkylation sites (tertiary alicyclic amines) is 1. The van der Waals surface area contributed by atoms with Crippen LogP contribution in [0, 0.1) is 5.92 Å². The van der Waals surface area contributed by atoms with Gasteiger partial charge < -0.3 is 5.32 Å². The second-order valence-corrected chi connectivity index (χ2v) is 6.18. The lowest BCUT2D eigenvalue weighted by atomic mass is 9.92. The van der Waals surface area contributed by atoms with Gasteiger partial charge in [-0.05, 0) is 55.5 Å². The zero-order chi connectivity index (χ0) is 13.1. The van der Waals surface area contributed by atoms with Gasteiger partial charge in [0.05, 0.1) is 0 Å². The highest BCUT2D eigenvalue weighted by Gasteiger charge is 2.19. The van der Waals surface area contributed by atoms with Gasteiger partial charge in [0.25, 0.3) is 0 Å². The molecular weight excluding hydrogens is 232 g/mol. The average molecular weight is 258 g/mol. The third kappa shape index (κ3) is 3.11. The summed E-state index contributed by atoms with van der Waals surface area (Å²) >= 11 is 0. The number of anilines is 1. The summed E-state index contributed by atoms with van der Waals surface area (Å²) in [4.78, 5) is 2.63. The van der Waals surface area contributed by atoms with Gasteiger partial charge in [0.15, 0.2) is 0 Å². The molecule has 2 aliphatic rings. The van der Waals surface area contributed by atoms with E-state index in [2.05, 4.69) is 35.3 Å². The number of piperidine rings is 1. The van der Waals surface area contributed by atoms with Crippen LogP contribution in [0.4, 0.5) is 5.69 Å². The molecule has 2 heterocycles. The lowest BCUT2D eigenvalue weighted by molar-refractivity contribution is 0.172. The molecule has 1 fully saturated rings. The van der Waals surface area contributed by atoms with Crippen LogP contribution in [-0.2, 0) is 13.0 Å². The Morgan fingerprint density at radius 3 is 2.89 bits per heavy atom. The van der Waals surface area contributed by atoms with Crippen LogP contribution in [0.1, 0.15) is 43.7 Å². The molecule has 0 unspecified atom stereocenters. The molecule has 0 atom stereocenters. The summed E-state index contributed by atoms with van der Waals surface area (Å²) < 4.78 is 0. The molecule has 0 amide bonds. The number of nitrogens with one attached hydrogen (secondary N) is 1. The van der Waals surface area contributed by atoms with Gasteiger partial charge in [-0.3, -0.25) is 4.90 Å². The van der Waals surface area contributed by atoms with Crippen LogP contribution in [0.2, 0.25) is 0 Å². The average Bonchev–Trinajstić information content (AvgIpc) is 2.89. The van der Waals surface area contributed by atoms with Crippen LogP contribution in [0.3, 0.4) is 0 Å². The second-order valence-electron chi connectivity index (χ2n) is 6.18. The molecule has 2 heteroatoms. The minimum absolute atomic E-state index is 0.989. The normalized spacial score (nSPS) is 20.3. The molecular formula is C17H26N2. The quantitative estimate of drug-likeness (QED) is 0.886. The standard InChI is InChI=1S/C17H26N2/c1-2-3-14-7-10-19(11-8-14)13-15-4-5-16-6-9-18-17(16)12-15/h4-5,12,14,18H,2-3,6-11,13H2,1H3. The molecule has 0 radical (unpaired) electrons. The fraction of sp³-hybridized carbons (Fsp3) is 0.647. The van der Waals surface area contributed by atoms with Gasteiger partial charge in [-0.25, -0.2) is 0 Å². The number of hydrogen-bond acceptors (Lipinski definition) is 2. The van der Waals surface area contributed by atoms with Crippen LogP contribution in [0.5, 0.6) is 0 Å². The monoisotopic (exact) mass is 258 g/mol. The topological polar surface area (TPSA) is 15.3 Å². The first-order valence-corrected chi connectivity index (χ1v) is 7.93. The lowest BCUT2D eigenvalue weighted by Gasteiger charge is -2.32. The number of benzene rings is 1. The molecule has 0 aromatic heterocycles. The Balaban J connectivity index is 1.55. The van der Waals surface area contributed by atoms with Gasteiger partial charge in [-0.1, -0.05) is 31.9 Å². The number of nitrogens with zero attached hydrogens (tertiary/aromatic N) is 1. The maximum absolute atomic E-state index is 3.48. The fourth-order valence-corrected chi connectivity index (χ4v) is 3.54. The number of hydrogen-bond donors (Lipinski definition) is 1. The Kier molecular flexibility index (Phi) is 4.07. The van der Waals surface area contributed by atoms with E-state index in [1.807, 2.05) is 0 Å². The van der Waals surface area contributed by atoms with E-state index in [1.54, 1.807) is 0 Å². The molecule has 1 aromatic rings. The van der Waals surface area contributed by atoms with Gasteiger partial charge in [0, 0.05) is 18.8 Å². The third-order valence-electron chi connectivity index (χ3n) is 4.69. The summed E-state index contributed by atoms with van der Waals surface area (Å²) in [5.74, 6) is 0.989. The van der Waals surface area contributed by atoms with Crippen LogP contribution < -0.4 is 5.32 Å². The van der Waals surface area contributed by atoms with Crippen molar-refractivity contribution < 1.29 is 0 Å². The van der Waals surface area contributed by atoms with Crippen molar-refractivity contribution in [1.29, 1.82) is 0 Å². The number of fused-ring (bicyclic) bond motifs is 1. The molecule has 1 saturated heterocycles. The molecule has 1 aromatic carbocycles. The SMILES string of the molecule is CCCC1CCN(Cc2ccc3c(c2)NCC3)CC1. The van der Waals surface area contributed by atoms with Crippen molar-refractivity contribution in [1.82, 2.24) is 4.90 Å². The van der Waals surface area contributed by atoms with Crippen molar-refractivity contribution in [2.24, 2.45) is 5.92 Å². The predicted molar refractivity (Wildman–Crippen MR) is 81.5 cm³/mol. The summed E-state index contributed by atoms with van der Waals surface area (Å²) in [6, 6.07) is 7.00. The summed E-state index contributed by atoms with van der Waals surface area (Å²) in [5.41, 5.74) is 4.34. The number of rotatable bonds is 4. The van der Waals surface area contributed by atoms with E-state index < -0.39 is 0 Å². The summed E-state index contributed by atoms with van der Waals surface area (Å²) in [6.45, 7) is 7.13. The smallest absolute Gasteiger partial charge is 0.0376 e. The van der Waals surface area contributed by atoms with E-state index in [1.165, 1.54) is 62.0 Å². The molecule has 0 aliphatic carbocycles. The molecule has 3 rings (SSSR count). The largest absolute Gasteiger partial charge is 0.384 e. The zero-order valence-electron chi connectivity index (χ0n) is 12.1. The lowest BCUT2D eigenvalue weighted by Crippen LogP contribution is -2.33. The van der Waals surface area contributed by atoms with Crippen molar-refractivity contribution in [3.05, 3.63) is 29.3 Å². The Bertz CT molecular complexity index is 419. The van der Waals surface area contributed by atoms with E-state index in [-0.39, 0.29) is 0 Å². The van der Waals surface area contributed by atoms with Crippen LogP contribution in [-0.4, -0.2) is 24.5 Å². The van der Waals surface area contributed by atoms with Gasteiger partial charge in [0.2, 0.25) is 0 Å². The first-order valence-electron chi connectivity index (χ1n) is 7.93. The molecule has 19 heavy (non-hydrogen) atoms. The highest BCUT2D eigenvalue weighted by molar-refractivity contribution is 5.57. The van der Waals surface area contributed by atoms with Crippen molar-refractivity contribution in [3.8, 4) is 0 Å². The molecule has 0 spiro atoms. The first kappa shape index (κ1) is 13.0. The summed E-state index contributed by atoms with van der Waals surface area (Å²) in [5, 5.41) is 3.48. The Morgan fingerprint density at radius 1 is 1.26 bits per heavy atom. The molecule has 2 nitrogen and oxygen atoms in total. The molecule has 104 valence electrons. The molecule has 0 saturated carbocycles. The van der Waals surface area contributed by atoms with E-state index in [0.29, 0.717) is 0 Å². The van der Waals surface area contributed by atoms with E-state index >= 15 is 0 Å². The van der Waals surface area contributed by atoms with Crippen molar-refractivity contribution in [2.75, 3.05) is 25.0 Å². The minimum Gasteiger partial charge on any atom is -0.384 e. The van der Waals surface area contributed by atoms with Gasteiger partial charge in [-0.2, -0.15) is 0 Å². The van der Waals surface area contributed by atoms with Crippen LogP contribution in [0.15, 0.2) is 18.2 Å². The highest BCUT2D eigenvalue weighted by atomic mass is 15.1. The van der Waals surface area contributed by atoms with Crippen LogP contribution in [0.25, 0.3) is 0 Å². The second kappa shape index (κ2) is 5.96. The highest BCUT2D eigenvalue weighted by Crippen LogP contribution is 2.26. The van der Waals surface area contributed by atoms with E-state index in [0.717, 1.165) is 19.0 Å². The Morgan fingerprint density at radius 2 is 2.11 bits per heavy atom. The predicted octanol–water partition coefficient (Wildman–Crippen LogP) is 3.67. The first-order chi connectivity index (χ1) is 9.35. The molecule has 0 bridgehead atoms. The van der Waals surface area contributed by atoms with Crippen molar-refractivity contribution >= 4 is 5.69 Å². The van der Waals surface area contributed by atoms with E-state index in [4.69, 9.17) is 0 Å². The van der Waals surface area contributed by atoms with Gasteiger partial charge in [0.1, 0.15) is 0 Å². The molecule has 1 N–H and O–H groups in total. The van der Waals surface area contributed by atoms with E-state index in [9.17, 15) is 0 Å². The Labute approximate surface area is 117 Å². The zero-order valence-corrected chi connectivity index (χ0v) is 12.1. The van der Waals surface area contributed by atoms with Gasteiger partial charge >= 0.3 is 0 Å². The van der Waals surface area contributed by atoms with Crippen molar-refractivity contribution in [3.63, 3.8) is 0 Å². The minimum atomic E-state index is 0.989.